The molecule has 2 rings (SSSR count). The molecule has 0 atom stereocenters. The minimum atomic E-state index is 0.731. The van der Waals surface area contributed by atoms with Crippen molar-refractivity contribution in [1.82, 2.24) is 4.98 Å². The van der Waals surface area contributed by atoms with Crippen LogP contribution >= 0.6 is 11.6 Å². The summed E-state index contributed by atoms with van der Waals surface area (Å²) in [7, 11) is 1.64. The number of pyridine rings is 1. The topological polar surface area (TPSA) is 22.1 Å². The molecule has 0 aliphatic rings. The van der Waals surface area contributed by atoms with Gasteiger partial charge in [-0.05, 0) is 31.2 Å². The average molecular weight is 234 g/mol. The molecule has 1 aromatic heterocycles. The summed E-state index contributed by atoms with van der Waals surface area (Å²) in [5, 5.41) is 0.731. The van der Waals surface area contributed by atoms with Gasteiger partial charge in [0.1, 0.15) is 5.75 Å². The lowest BCUT2D eigenvalue weighted by Crippen LogP contribution is -1.92. The highest BCUT2D eigenvalue weighted by Crippen LogP contribution is 2.23. The number of ether oxygens (including phenoxy) is 1. The van der Waals surface area contributed by atoms with Gasteiger partial charge in [-0.1, -0.05) is 23.7 Å². The molecule has 16 heavy (non-hydrogen) atoms. The smallest absolute Gasteiger partial charge is 0.140 e. The van der Waals surface area contributed by atoms with Gasteiger partial charge < -0.3 is 4.74 Å². The van der Waals surface area contributed by atoms with E-state index in [0.29, 0.717) is 0 Å². The quantitative estimate of drug-likeness (QED) is 0.789. The first-order valence-corrected chi connectivity index (χ1v) is 5.36. The summed E-state index contributed by atoms with van der Waals surface area (Å²) in [5.74, 6) is 0.803. The van der Waals surface area contributed by atoms with E-state index in [1.165, 1.54) is 0 Å². The number of halogens is 1. The van der Waals surface area contributed by atoms with E-state index in [1.807, 2.05) is 43.3 Å². The number of rotatable bonds is 2. The second-order valence-corrected chi connectivity index (χ2v) is 3.93. The van der Waals surface area contributed by atoms with Gasteiger partial charge in [-0.2, -0.15) is 0 Å². The Morgan fingerprint density at radius 2 is 1.75 bits per heavy atom. The molecule has 0 radical (unpaired) electrons. The van der Waals surface area contributed by atoms with Crippen molar-refractivity contribution in [3.05, 3.63) is 47.1 Å². The second-order valence-electron chi connectivity index (χ2n) is 3.49. The Labute approximate surface area is 99.9 Å². The number of aromatic nitrogens is 1. The van der Waals surface area contributed by atoms with E-state index in [0.717, 1.165) is 27.7 Å². The van der Waals surface area contributed by atoms with E-state index >= 15 is 0 Å². The second kappa shape index (κ2) is 4.54. The van der Waals surface area contributed by atoms with Crippen LogP contribution in [0.15, 0.2) is 36.4 Å². The van der Waals surface area contributed by atoms with Crippen LogP contribution in [-0.4, -0.2) is 12.1 Å². The van der Waals surface area contributed by atoms with Crippen molar-refractivity contribution in [1.29, 1.82) is 0 Å². The maximum absolute atomic E-state index is 5.84. The van der Waals surface area contributed by atoms with Crippen LogP contribution in [0.3, 0.4) is 0 Å². The molecule has 82 valence electrons. The van der Waals surface area contributed by atoms with Gasteiger partial charge in [-0.25, -0.2) is 4.98 Å². The molecule has 0 saturated carbocycles. The zero-order valence-electron chi connectivity index (χ0n) is 9.20. The van der Waals surface area contributed by atoms with Crippen molar-refractivity contribution < 1.29 is 4.74 Å². The summed E-state index contributed by atoms with van der Waals surface area (Å²) >= 11 is 5.84. The lowest BCUT2D eigenvalue weighted by Gasteiger charge is -2.06. The largest absolute Gasteiger partial charge is 0.495 e. The third-order valence-electron chi connectivity index (χ3n) is 2.40. The summed E-state index contributed by atoms with van der Waals surface area (Å²) in [6.07, 6.45) is 0. The van der Waals surface area contributed by atoms with Crippen molar-refractivity contribution >= 4 is 11.6 Å². The third-order valence-corrected chi connectivity index (χ3v) is 2.65. The molecule has 0 amide bonds. The highest BCUT2D eigenvalue weighted by molar-refractivity contribution is 6.30. The van der Waals surface area contributed by atoms with Crippen LogP contribution in [-0.2, 0) is 0 Å². The Balaban J connectivity index is 2.41. The summed E-state index contributed by atoms with van der Waals surface area (Å²) in [4.78, 5) is 4.48. The van der Waals surface area contributed by atoms with E-state index in [4.69, 9.17) is 16.3 Å². The maximum Gasteiger partial charge on any atom is 0.140 e. The predicted octanol–water partition coefficient (Wildman–Crippen LogP) is 3.72. The number of methoxy groups -OCH3 is 1. The number of hydrogen-bond donors (Lipinski definition) is 0. The molecule has 3 heteroatoms. The average Bonchev–Trinajstić information content (AvgIpc) is 2.30. The fourth-order valence-corrected chi connectivity index (χ4v) is 1.67. The zero-order chi connectivity index (χ0) is 11.5. The molecule has 0 N–H and O–H groups in total. The molecule has 0 spiro atoms. The Morgan fingerprint density at radius 3 is 2.31 bits per heavy atom. The van der Waals surface area contributed by atoms with Gasteiger partial charge in [0.15, 0.2) is 0 Å². The SMILES string of the molecule is COc1ccc(-c2ccc(Cl)cc2)nc1C. The fourth-order valence-electron chi connectivity index (χ4n) is 1.55. The minimum absolute atomic E-state index is 0.731. The highest BCUT2D eigenvalue weighted by atomic mass is 35.5. The van der Waals surface area contributed by atoms with Crippen molar-refractivity contribution in [3.63, 3.8) is 0 Å². The first-order valence-electron chi connectivity index (χ1n) is 4.98. The first-order chi connectivity index (χ1) is 7.70. The zero-order valence-corrected chi connectivity index (χ0v) is 9.95. The Bertz CT molecular complexity index is 494. The van der Waals surface area contributed by atoms with E-state index in [9.17, 15) is 0 Å². The van der Waals surface area contributed by atoms with Crippen LogP contribution in [0.5, 0.6) is 5.75 Å². The third kappa shape index (κ3) is 2.17. The van der Waals surface area contributed by atoms with Gasteiger partial charge in [0.2, 0.25) is 0 Å². The van der Waals surface area contributed by atoms with E-state index in [1.54, 1.807) is 7.11 Å². The molecule has 2 nitrogen and oxygen atoms in total. The summed E-state index contributed by atoms with van der Waals surface area (Å²) in [5.41, 5.74) is 2.86. The molecule has 0 fully saturated rings. The Kier molecular flexibility index (Phi) is 3.11. The van der Waals surface area contributed by atoms with Crippen molar-refractivity contribution in [2.24, 2.45) is 0 Å². The van der Waals surface area contributed by atoms with Crippen LogP contribution in [0.25, 0.3) is 11.3 Å². The molecular formula is C13H12ClNO. The van der Waals surface area contributed by atoms with Crippen LogP contribution in [0.1, 0.15) is 5.69 Å². The van der Waals surface area contributed by atoms with Crippen LogP contribution in [0.4, 0.5) is 0 Å². The molecule has 1 aromatic carbocycles. The molecule has 0 aliphatic heterocycles. The highest BCUT2D eigenvalue weighted by Gasteiger charge is 2.03. The number of nitrogens with zero attached hydrogens (tertiary/aromatic N) is 1. The van der Waals surface area contributed by atoms with Crippen LogP contribution in [0, 0.1) is 6.92 Å². The lowest BCUT2D eigenvalue weighted by atomic mass is 10.1. The number of aryl methyl sites for hydroxylation is 1. The Morgan fingerprint density at radius 1 is 1.06 bits per heavy atom. The molecule has 0 bridgehead atoms. The van der Waals surface area contributed by atoms with Crippen molar-refractivity contribution in [3.8, 4) is 17.0 Å². The minimum Gasteiger partial charge on any atom is -0.495 e. The van der Waals surface area contributed by atoms with Gasteiger partial charge in [0.05, 0.1) is 18.5 Å². The number of benzene rings is 1. The molecule has 1 heterocycles. The van der Waals surface area contributed by atoms with E-state index in [-0.39, 0.29) is 0 Å². The summed E-state index contributed by atoms with van der Waals surface area (Å²) < 4.78 is 5.17. The Hall–Kier alpha value is -1.54. The van der Waals surface area contributed by atoms with Gasteiger partial charge in [-0.3, -0.25) is 0 Å². The van der Waals surface area contributed by atoms with Gasteiger partial charge in [0, 0.05) is 10.6 Å². The molecule has 0 aliphatic carbocycles. The maximum atomic E-state index is 5.84. The monoisotopic (exact) mass is 233 g/mol. The van der Waals surface area contributed by atoms with Crippen LogP contribution in [0.2, 0.25) is 5.02 Å². The van der Waals surface area contributed by atoms with Crippen LogP contribution < -0.4 is 4.74 Å². The molecule has 2 aromatic rings. The van der Waals surface area contributed by atoms with E-state index < -0.39 is 0 Å². The van der Waals surface area contributed by atoms with Crippen molar-refractivity contribution in [2.45, 2.75) is 6.92 Å². The first kappa shape index (κ1) is 11.0. The fraction of sp³-hybridized carbons (Fsp3) is 0.154. The standard InChI is InChI=1S/C13H12ClNO/c1-9-13(16-2)8-7-12(15-9)10-3-5-11(14)6-4-10/h3-8H,1-2H3. The van der Waals surface area contributed by atoms with Gasteiger partial charge in [-0.15, -0.1) is 0 Å². The normalized spacial score (nSPS) is 10.2. The molecule has 0 saturated heterocycles. The molecule has 0 unspecified atom stereocenters. The summed E-state index contributed by atoms with van der Waals surface area (Å²) in [6.45, 7) is 1.93. The predicted molar refractivity (Wildman–Crippen MR) is 66.0 cm³/mol. The number of hydrogen-bond acceptors (Lipinski definition) is 2. The summed E-state index contributed by atoms with van der Waals surface area (Å²) in [6, 6.07) is 11.5. The lowest BCUT2D eigenvalue weighted by molar-refractivity contribution is 0.409. The van der Waals surface area contributed by atoms with E-state index in [2.05, 4.69) is 4.98 Å². The van der Waals surface area contributed by atoms with Crippen molar-refractivity contribution in [2.75, 3.05) is 7.11 Å². The van der Waals surface area contributed by atoms with Gasteiger partial charge in [0.25, 0.3) is 0 Å². The van der Waals surface area contributed by atoms with Gasteiger partial charge >= 0.3 is 0 Å². The molecular weight excluding hydrogens is 222 g/mol.